The maximum absolute atomic E-state index is 13.2. The molecule has 1 fully saturated rings. The van der Waals surface area contributed by atoms with E-state index >= 15 is 0 Å². The Morgan fingerprint density at radius 3 is 2.74 bits per heavy atom. The highest BCUT2D eigenvalue weighted by Crippen LogP contribution is 2.33. The van der Waals surface area contributed by atoms with Crippen LogP contribution in [0.25, 0.3) is 10.9 Å². The Labute approximate surface area is 210 Å². The molecule has 1 N–H and O–H groups in total. The topological polar surface area (TPSA) is 79.7 Å². The predicted molar refractivity (Wildman–Crippen MR) is 141 cm³/mol. The highest BCUT2D eigenvalue weighted by Gasteiger charge is 2.29. The Hall–Kier alpha value is -2.84. The second kappa shape index (κ2) is 10.4. The third kappa shape index (κ3) is 5.09. The van der Waals surface area contributed by atoms with Gasteiger partial charge in [-0.3, -0.25) is 9.69 Å². The molecule has 7 nitrogen and oxygen atoms in total. The third-order valence-corrected chi connectivity index (χ3v) is 8.13. The number of rotatable bonds is 8. The highest BCUT2D eigenvalue weighted by atomic mass is 32.1. The van der Waals surface area contributed by atoms with Gasteiger partial charge < -0.3 is 4.98 Å². The van der Waals surface area contributed by atoms with Gasteiger partial charge in [-0.1, -0.05) is 38.3 Å². The average molecular weight is 491 g/mol. The number of aromatic nitrogens is 5. The van der Waals surface area contributed by atoms with Crippen molar-refractivity contribution in [1.29, 1.82) is 0 Å². The summed E-state index contributed by atoms with van der Waals surface area (Å²) in [6.07, 6.45) is 6.86. The summed E-state index contributed by atoms with van der Waals surface area (Å²) < 4.78 is 2.08. The van der Waals surface area contributed by atoms with Crippen LogP contribution in [0.2, 0.25) is 0 Å². The SMILES string of the molecule is CCC(c1nnnn1C1CCCCC1)N(Cc1cccs1)Cc1cc2c(C)cc(C)cc2[nH]c1=O. The summed E-state index contributed by atoms with van der Waals surface area (Å²) in [5, 5.41) is 16.3. The Bertz CT molecular complexity index is 1340. The van der Waals surface area contributed by atoms with Crippen molar-refractivity contribution in [2.75, 3.05) is 0 Å². The van der Waals surface area contributed by atoms with Gasteiger partial charge in [0.2, 0.25) is 0 Å². The summed E-state index contributed by atoms with van der Waals surface area (Å²) in [4.78, 5) is 20.0. The molecule has 4 aromatic rings. The first-order valence-electron chi connectivity index (χ1n) is 12.7. The maximum Gasteiger partial charge on any atom is 0.252 e. The van der Waals surface area contributed by atoms with E-state index < -0.39 is 0 Å². The Kier molecular flexibility index (Phi) is 7.11. The zero-order chi connectivity index (χ0) is 24.4. The monoisotopic (exact) mass is 490 g/mol. The number of hydrogen-bond donors (Lipinski definition) is 1. The molecular weight excluding hydrogens is 456 g/mol. The summed E-state index contributed by atoms with van der Waals surface area (Å²) in [5.41, 5.74) is 3.97. The van der Waals surface area contributed by atoms with Crippen molar-refractivity contribution < 1.29 is 0 Å². The quantitative estimate of drug-likeness (QED) is 0.335. The van der Waals surface area contributed by atoms with Crippen LogP contribution < -0.4 is 5.56 Å². The molecule has 0 radical (unpaired) electrons. The lowest BCUT2D eigenvalue weighted by Gasteiger charge is -2.31. The van der Waals surface area contributed by atoms with E-state index in [2.05, 4.69) is 80.5 Å². The van der Waals surface area contributed by atoms with Crippen molar-refractivity contribution in [2.24, 2.45) is 0 Å². The Morgan fingerprint density at radius 2 is 2.00 bits per heavy atom. The molecule has 3 aromatic heterocycles. The standard InChI is InChI=1S/C27H34N6OS/c1-4-25(26-29-30-31-33(26)21-9-6-5-7-10-21)32(17-22-11-8-12-35-22)16-20-15-23-19(3)13-18(2)14-24(23)28-27(20)34/h8,11-15,21,25H,4-7,9-10,16-17H2,1-3H3,(H,28,34). The molecule has 8 heteroatoms. The van der Waals surface area contributed by atoms with E-state index in [9.17, 15) is 4.79 Å². The van der Waals surface area contributed by atoms with Gasteiger partial charge in [-0.2, -0.15) is 0 Å². The van der Waals surface area contributed by atoms with Crippen molar-refractivity contribution >= 4 is 22.2 Å². The van der Waals surface area contributed by atoms with Gasteiger partial charge in [0.15, 0.2) is 5.82 Å². The van der Waals surface area contributed by atoms with Gasteiger partial charge in [-0.15, -0.1) is 16.4 Å². The normalized spacial score (nSPS) is 15.8. The van der Waals surface area contributed by atoms with Crippen LogP contribution >= 0.6 is 11.3 Å². The lowest BCUT2D eigenvalue weighted by molar-refractivity contribution is 0.157. The first-order valence-corrected chi connectivity index (χ1v) is 13.6. The average Bonchev–Trinajstić information content (AvgIpc) is 3.53. The molecule has 0 saturated heterocycles. The molecule has 0 aliphatic heterocycles. The van der Waals surface area contributed by atoms with E-state index in [0.29, 0.717) is 12.6 Å². The number of nitrogens with zero attached hydrogens (tertiary/aromatic N) is 5. The number of tetrazole rings is 1. The number of benzene rings is 1. The molecule has 1 saturated carbocycles. The fraction of sp³-hybridized carbons (Fsp3) is 0.481. The number of aryl methyl sites for hydroxylation is 2. The molecule has 184 valence electrons. The summed E-state index contributed by atoms with van der Waals surface area (Å²) >= 11 is 1.74. The third-order valence-electron chi connectivity index (χ3n) is 7.27. The first kappa shape index (κ1) is 23.9. The number of fused-ring (bicyclic) bond motifs is 1. The Balaban J connectivity index is 1.52. The second-order valence-electron chi connectivity index (χ2n) is 9.85. The largest absolute Gasteiger partial charge is 0.322 e. The number of hydrogen-bond acceptors (Lipinski definition) is 6. The molecular formula is C27H34N6OS. The maximum atomic E-state index is 13.2. The molecule has 0 spiro atoms. The van der Waals surface area contributed by atoms with Gasteiger partial charge >= 0.3 is 0 Å². The fourth-order valence-electron chi connectivity index (χ4n) is 5.54. The molecule has 3 heterocycles. The van der Waals surface area contributed by atoms with E-state index in [4.69, 9.17) is 0 Å². The first-order chi connectivity index (χ1) is 17.0. The number of pyridine rings is 1. The molecule has 1 aliphatic rings. The minimum absolute atomic E-state index is 0.0169. The van der Waals surface area contributed by atoms with Crippen molar-refractivity contribution in [2.45, 2.75) is 84.5 Å². The molecule has 1 aromatic carbocycles. The molecule has 1 aliphatic carbocycles. The van der Waals surface area contributed by atoms with E-state index in [0.717, 1.165) is 53.7 Å². The van der Waals surface area contributed by atoms with Crippen molar-refractivity contribution in [3.8, 4) is 0 Å². The smallest absolute Gasteiger partial charge is 0.252 e. The lowest BCUT2D eigenvalue weighted by atomic mass is 9.95. The van der Waals surface area contributed by atoms with Gasteiger partial charge in [-0.05, 0) is 78.2 Å². The lowest BCUT2D eigenvalue weighted by Crippen LogP contribution is -2.33. The van der Waals surface area contributed by atoms with E-state index in [-0.39, 0.29) is 11.6 Å². The predicted octanol–water partition coefficient (Wildman–Crippen LogP) is 5.85. The van der Waals surface area contributed by atoms with Gasteiger partial charge in [0.1, 0.15) is 0 Å². The van der Waals surface area contributed by atoms with Crippen molar-refractivity contribution in [3.05, 3.63) is 73.5 Å². The highest BCUT2D eigenvalue weighted by molar-refractivity contribution is 7.09. The van der Waals surface area contributed by atoms with Crippen molar-refractivity contribution in [3.63, 3.8) is 0 Å². The zero-order valence-corrected chi connectivity index (χ0v) is 21.6. The van der Waals surface area contributed by atoms with Gasteiger partial charge in [0.25, 0.3) is 5.56 Å². The van der Waals surface area contributed by atoms with Crippen LogP contribution in [0, 0.1) is 13.8 Å². The molecule has 1 unspecified atom stereocenters. The summed E-state index contributed by atoms with van der Waals surface area (Å²) in [5.74, 6) is 0.917. The molecule has 0 amide bonds. The number of H-pyrrole nitrogens is 1. The number of aromatic amines is 1. The van der Waals surface area contributed by atoms with Gasteiger partial charge in [-0.25, -0.2) is 4.68 Å². The molecule has 35 heavy (non-hydrogen) atoms. The molecule has 1 atom stereocenters. The van der Waals surface area contributed by atoms with Crippen LogP contribution in [0.4, 0.5) is 0 Å². The van der Waals surface area contributed by atoms with E-state index in [1.807, 2.05) is 6.07 Å². The van der Waals surface area contributed by atoms with Gasteiger partial charge in [0.05, 0.1) is 12.1 Å². The van der Waals surface area contributed by atoms with Crippen LogP contribution in [-0.2, 0) is 13.1 Å². The van der Waals surface area contributed by atoms with Gasteiger partial charge in [0, 0.05) is 34.4 Å². The van der Waals surface area contributed by atoms with Crippen LogP contribution in [-0.4, -0.2) is 30.1 Å². The van der Waals surface area contributed by atoms with Crippen LogP contribution in [0.15, 0.2) is 40.5 Å². The minimum Gasteiger partial charge on any atom is -0.322 e. The van der Waals surface area contributed by atoms with Crippen LogP contribution in [0.3, 0.4) is 0 Å². The van der Waals surface area contributed by atoms with Crippen LogP contribution in [0.1, 0.15) is 84.9 Å². The summed E-state index contributed by atoms with van der Waals surface area (Å²) in [7, 11) is 0. The molecule has 0 bridgehead atoms. The summed E-state index contributed by atoms with van der Waals surface area (Å²) in [6, 6.07) is 10.9. The Morgan fingerprint density at radius 1 is 1.17 bits per heavy atom. The fourth-order valence-corrected chi connectivity index (χ4v) is 6.27. The zero-order valence-electron chi connectivity index (χ0n) is 20.8. The number of thiophene rings is 1. The second-order valence-corrected chi connectivity index (χ2v) is 10.9. The van der Waals surface area contributed by atoms with E-state index in [1.54, 1.807) is 11.3 Å². The molecule has 5 rings (SSSR count). The summed E-state index contributed by atoms with van der Waals surface area (Å²) in [6.45, 7) is 7.63. The van der Waals surface area contributed by atoms with Crippen molar-refractivity contribution in [1.82, 2.24) is 30.1 Å². The van der Waals surface area contributed by atoms with Crippen LogP contribution in [0.5, 0.6) is 0 Å². The van der Waals surface area contributed by atoms with E-state index in [1.165, 1.54) is 29.7 Å². The number of nitrogens with one attached hydrogen (secondary N) is 1. The minimum atomic E-state index is -0.0274.